The number of amides is 1. The molecule has 174 valence electrons. The van der Waals surface area contributed by atoms with Gasteiger partial charge in [-0.15, -0.1) is 0 Å². The van der Waals surface area contributed by atoms with Crippen molar-refractivity contribution in [3.05, 3.63) is 65.0 Å². The summed E-state index contributed by atoms with van der Waals surface area (Å²) in [6, 6.07) is 15.4. The van der Waals surface area contributed by atoms with Gasteiger partial charge < -0.3 is 24.3 Å². The first-order chi connectivity index (χ1) is 16.0. The lowest BCUT2D eigenvalue weighted by Crippen LogP contribution is -2.34. The van der Waals surface area contributed by atoms with Gasteiger partial charge in [0.05, 0.1) is 33.1 Å². The minimum absolute atomic E-state index is 0.142. The quantitative estimate of drug-likeness (QED) is 0.476. The molecule has 0 aliphatic carbocycles. The molecule has 0 fully saturated rings. The van der Waals surface area contributed by atoms with Crippen molar-refractivity contribution in [1.29, 1.82) is 0 Å². The standard InChI is InChI=1S/C24H27N3O6/c1-4-32-17-5-7-18(8-6-17)33-16-23(28)25-13-14-27-24(29)12-10-21(26-27)20-15-19(30-2)9-11-22(20)31-3/h5-12,15H,4,13-14,16H2,1-3H3,(H,25,28). The molecule has 2 aromatic carbocycles. The van der Waals surface area contributed by atoms with E-state index < -0.39 is 0 Å². The summed E-state index contributed by atoms with van der Waals surface area (Å²) < 4.78 is 22.8. The summed E-state index contributed by atoms with van der Waals surface area (Å²) in [5.41, 5.74) is 0.967. The predicted molar refractivity (Wildman–Crippen MR) is 123 cm³/mol. The number of nitrogens with zero attached hydrogens (tertiary/aromatic N) is 2. The zero-order valence-electron chi connectivity index (χ0n) is 18.9. The summed E-state index contributed by atoms with van der Waals surface area (Å²) >= 11 is 0. The molecule has 0 radical (unpaired) electrons. The van der Waals surface area contributed by atoms with Gasteiger partial charge in [0.25, 0.3) is 11.5 Å². The van der Waals surface area contributed by atoms with Crippen LogP contribution in [0.15, 0.2) is 59.4 Å². The molecule has 0 atom stereocenters. The molecule has 0 aliphatic heterocycles. The number of nitrogens with one attached hydrogen (secondary N) is 1. The average Bonchev–Trinajstić information content (AvgIpc) is 2.84. The van der Waals surface area contributed by atoms with Crippen molar-refractivity contribution >= 4 is 5.91 Å². The number of carbonyl (C=O) groups excluding carboxylic acids is 1. The zero-order chi connectivity index (χ0) is 23.6. The van der Waals surface area contributed by atoms with Crippen LogP contribution >= 0.6 is 0 Å². The highest BCUT2D eigenvalue weighted by atomic mass is 16.5. The number of aromatic nitrogens is 2. The van der Waals surface area contributed by atoms with Crippen LogP contribution in [0.1, 0.15) is 6.92 Å². The van der Waals surface area contributed by atoms with E-state index in [1.807, 2.05) is 6.92 Å². The van der Waals surface area contributed by atoms with E-state index in [1.165, 1.54) is 10.7 Å². The maximum atomic E-state index is 12.2. The van der Waals surface area contributed by atoms with Gasteiger partial charge in [0, 0.05) is 18.2 Å². The summed E-state index contributed by atoms with van der Waals surface area (Å²) in [5, 5.41) is 7.14. The van der Waals surface area contributed by atoms with E-state index in [0.29, 0.717) is 35.1 Å². The van der Waals surface area contributed by atoms with Crippen LogP contribution in [0.25, 0.3) is 11.3 Å². The summed E-state index contributed by atoms with van der Waals surface area (Å²) in [6.07, 6.45) is 0. The van der Waals surface area contributed by atoms with Crippen LogP contribution in [0, 0.1) is 0 Å². The fraction of sp³-hybridized carbons (Fsp3) is 0.292. The van der Waals surface area contributed by atoms with Crippen LogP contribution in [0.3, 0.4) is 0 Å². The molecule has 0 saturated heterocycles. The lowest BCUT2D eigenvalue weighted by Gasteiger charge is -2.12. The van der Waals surface area contributed by atoms with Gasteiger partial charge in [0.15, 0.2) is 6.61 Å². The van der Waals surface area contributed by atoms with E-state index >= 15 is 0 Å². The molecule has 33 heavy (non-hydrogen) atoms. The Morgan fingerprint density at radius 1 is 0.939 bits per heavy atom. The second-order valence-corrected chi connectivity index (χ2v) is 6.89. The number of ether oxygens (including phenoxy) is 4. The van der Waals surface area contributed by atoms with E-state index in [9.17, 15) is 9.59 Å². The molecular weight excluding hydrogens is 426 g/mol. The maximum absolute atomic E-state index is 12.2. The van der Waals surface area contributed by atoms with Gasteiger partial charge in [0.1, 0.15) is 23.0 Å². The highest BCUT2D eigenvalue weighted by molar-refractivity contribution is 5.77. The number of carbonyl (C=O) groups is 1. The van der Waals surface area contributed by atoms with E-state index in [4.69, 9.17) is 18.9 Å². The molecule has 0 spiro atoms. The summed E-state index contributed by atoms with van der Waals surface area (Å²) in [5.74, 6) is 2.24. The van der Waals surface area contributed by atoms with Gasteiger partial charge in [-0.25, -0.2) is 4.68 Å². The fourth-order valence-corrected chi connectivity index (χ4v) is 3.07. The second-order valence-electron chi connectivity index (χ2n) is 6.89. The molecule has 1 N–H and O–H groups in total. The average molecular weight is 453 g/mol. The molecule has 9 heteroatoms. The number of methoxy groups -OCH3 is 2. The predicted octanol–water partition coefficient (Wildman–Crippen LogP) is 2.52. The van der Waals surface area contributed by atoms with Crippen molar-refractivity contribution in [3.8, 4) is 34.3 Å². The minimum atomic E-state index is -0.303. The van der Waals surface area contributed by atoms with Crippen molar-refractivity contribution < 1.29 is 23.7 Å². The highest BCUT2D eigenvalue weighted by Crippen LogP contribution is 2.31. The summed E-state index contributed by atoms with van der Waals surface area (Å²) in [7, 11) is 3.13. The van der Waals surface area contributed by atoms with Gasteiger partial charge in [-0.2, -0.15) is 5.10 Å². The Morgan fingerprint density at radius 2 is 1.64 bits per heavy atom. The Bertz CT molecular complexity index is 1130. The smallest absolute Gasteiger partial charge is 0.266 e. The molecule has 1 heterocycles. The molecule has 0 saturated carbocycles. The third kappa shape index (κ3) is 6.49. The van der Waals surface area contributed by atoms with E-state index in [1.54, 1.807) is 62.8 Å². The fourth-order valence-electron chi connectivity index (χ4n) is 3.07. The SMILES string of the molecule is CCOc1ccc(OCC(=O)NCCn2nc(-c3cc(OC)ccc3OC)ccc2=O)cc1. The molecule has 3 aromatic rings. The van der Waals surface area contributed by atoms with Crippen molar-refractivity contribution in [1.82, 2.24) is 15.1 Å². The molecule has 0 bridgehead atoms. The number of benzene rings is 2. The van der Waals surface area contributed by atoms with Gasteiger partial charge in [-0.05, 0) is 55.5 Å². The van der Waals surface area contributed by atoms with Gasteiger partial charge in [-0.3, -0.25) is 9.59 Å². The Kier molecular flexibility index (Phi) is 8.29. The number of rotatable bonds is 11. The van der Waals surface area contributed by atoms with E-state index in [0.717, 1.165) is 5.75 Å². The van der Waals surface area contributed by atoms with Gasteiger partial charge in [0.2, 0.25) is 0 Å². The van der Waals surface area contributed by atoms with Crippen molar-refractivity contribution in [2.45, 2.75) is 13.5 Å². The lowest BCUT2D eigenvalue weighted by molar-refractivity contribution is -0.123. The van der Waals surface area contributed by atoms with Crippen LogP contribution in [0.5, 0.6) is 23.0 Å². The minimum Gasteiger partial charge on any atom is -0.497 e. The number of hydrogen-bond acceptors (Lipinski definition) is 7. The summed E-state index contributed by atoms with van der Waals surface area (Å²) in [4.78, 5) is 24.3. The van der Waals surface area contributed by atoms with Crippen LogP contribution in [-0.4, -0.2) is 49.7 Å². The Hall–Kier alpha value is -4.01. The molecule has 1 aromatic heterocycles. The molecule has 9 nitrogen and oxygen atoms in total. The number of hydrogen-bond donors (Lipinski definition) is 1. The summed E-state index contributed by atoms with van der Waals surface area (Å²) in [6.45, 7) is 2.77. The van der Waals surface area contributed by atoms with Crippen LogP contribution < -0.4 is 29.8 Å². The normalized spacial score (nSPS) is 10.4. The Balaban J connectivity index is 1.57. The third-order valence-electron chi connectivity index (χ3n) is 4.70. The van der Waals surface area contributed by atoms with Crippen LogP contribution in [0.4, 0.5) is 0 Å². The van der Waals surface area contributed by atoms with Gasteiger partial charge in [-0.1, -0.05) is 0 Å². The highest BCUT2D eigenvalue weighted by Gasteiger charge is 2.11. The molecule has 0 aliphatic rings. The van der Waals surface area contributed by atoms with Gasteiger partial charge >= 0.3 is 0 Å². The zero-order valence-corrected chi connectivity index (χ0v) is 18.9. The lowest BCUT2D eigenvalue weighted by atomic mass is 10.1. The van der Waals surface area contributed by atoms with Crippen molar-refractivity contribution in [3.63, 3.8) is 0 Å². The van der Waals surface area contributed by atoms with Crippen LogP contribution in [-0.2, 0) is 11.3 Å². The largest absolute Gasteiger partial charge is 0.497 e. The molecular formula is C24H27N3O6. The third-order valence-corrected chi connectivity index (χ3v) is 4.70. The first-order valence-electron chi connectivity index (χ1n) is 10.5. The topological polar surface area (TPSA) is 101 Å². The van der Waals surface area contributed by atoms with E-state index in [-0.39, 0.29) is 31.2 Å². The van der Waals surface area contributed by atoms with Crippen molar-refractivity contribution in [2.75, 3.05) is 34.0 Å². The molecule has 0 unspecified atom stereocenters. The monoisotopic (exact) mass is 453 g/mol. The van der Waals surface area contributed by atoms with E-state index in [2.05, 4.69) is 10.4 Å². The Labute approximate surface area is 191 Å². The first-order valence-corrected chi connectivity index (χ1v) is 10.5. The Morgan fingerprint density at radius 3 is 2.30 bits per heavy atom. The second kappa shape index (κ2) is 11.6. The van der Waals surface area contributed by atoms with Crippen molar-refractivity contribution in [2.24, 2.45) is 0 Å². The molecule has 1 amide bonds. The molecule has 3 rings (SSSR count). The van der Waals surface area contributed by atoms with Crippen LogP contribution in [0.2, 0.25) is 0 Å². The maximum Gasteiger partial charge on any atom is 0.266 e. The first kappa shape index (κ1) is 23.6.